The molecular formula is C30H47CoOSi. The van der Waals surface area contributed by atoms with Crippen molar-refractivity contribution in [2.24, 2.45) is 0 Å². The van der Waals surface area contributed by atoms with E-state index in [2.05, 4.69) is 85.6 Å². The standard InChI is InChI=1S/C17H28O.C13H19Si.Co/c1-5-9-13-14(10-6-2)16(12-8-4)17(18)15(13)11-7-3;1-4-14(5-2,6-3)12-11-13-9-7-8-10-13;/h5-12H2,1-4H3;7-10H,4-6H2,1-3H3;. The quantitative estimate of drug-likeness (QED) is 0.200. The van der Waals surface area contributed by atoms with Crippen molar-refractivity contribution in [2.75, 3.05) is 0 Å². The fraction of sp³-hybridized carbons (Fsp3) is 0.600. The molecule has 0 heterocycles. The Labute approximate surface area is 218 Å². The maximum Gasteiger partial charge on any atom is 0.185 e. The molecule has 0 spiro atoms. The first kappa shape index (κ1) is 32.4. The summed E-state index contributed by atoms with van der Waals surface area (Å²) < 4.78 is 0. The summed E-state index contributed by atoms with van der Waals surface area (Å²) in [7, 11) is -1.23. The topological polar surface area (TPSA) is 17.1 Å². The molecule has 2 rings (SSSR count). The number of rotatable bonds is 11. The Morgan fingerprint density at radius 3 is 1.33 bits per heavy atom. The SMILES string of the molecule is CCCC1=C(CCC)C(CCC)=C(CCC)C1=O.CC[Si](C#C[C]1[CH][CH][CH][CH]1)(CC)CC.[Co]. The molecule has 2 aliphatic carbocycles. The second kappa shape index (κ2) is 17.8. The summed E-state index contributed by atoms with van der Waals surface area (Å²) in [5, 5.41) is 0. The van der Waals surface area contributed by atoms with Gasteiger partial charge in [-0.15, -0.1) is 11.5 Å². The van der Waals surface area contributed by atoms with Gasteiger partial charge in [-0.2, -0.15) is 0 Å². The number of hydrogen-bond donors (Lipinski definition) is 0. The summed E-state index contributed by atoms with van der Waals surface area (Å²) in [6, 6.07) is 3.86. The summed E-state index contributed by atoms with van der Waals surface area (Å²) >= 11 is 0. The van der Waals surface area contributed by atoms with E-state index in [-0.39, 0.29) is 16.8 Å². The van der Waals surface area contributed by atoms with E-state index in [0.29, 0.717) is 5.78 Å². The van der Waals surface area contributed by atoms with Crippen LogP contribution in [-0.2, 0) is 21.6 Å². The first-order chi connectivity index (χ1) is 15.5. The largest absolute Gasteiger partial charge is 0.289 e. The van der Waals surface area contributed by atoms with Gasteiger partial charge < -0.3 is 0 Å². The Hall–Kier alpha value is -0.567. The van der Waals surface area contributed by atoms with E-state index in [9.17, 15) is 4.79 Å². The van der Waals surface area contributed by atoms with Crippen LogP contribution in [0.4, 0.5) is 0 Å². The van der Waals surface area contributed by atoms with Gasteiger partial charge in [0.05, 0.1) is 5.92 Å². The monoisotopic (exact) mass is 510 g/mol. The molecule has 33 heavy (non-hydrogen) atoms. The molecule has 1 saturated carbocycles. The van der Waals surface area contributed by atoms with E-state index in [4.69, 9.17) is 0 Å². The van der Waals surface area contributed by atoms with Gasteiger partial charge in [-0.3, -0.25) is 4.79 Å². The van der Waals surface area contributed by atoms with Gasteiger partial charge in [0.15, 0.2) is 5.78 Å². The van der Waals surface area contributed by atoms with Crippen molar-refractivity contribution in [1.82, 2.24) is 0 Å². The van der Waals surface area contributed by atoms with Gasteiger partial charge in [-0.05, 0) is 80.6 Å². The van der Waals surface area contributed by atoms with E-state index in [1.807, 2.05) is 0 Å². The van der Waals surface area contributed by atoms with Crippen molar-refractivity contribution in [3.05, 3.63) is 53.9 Å². The number of carbonyl (C=O) groups excluding carboxylic acids is 1. The van der Waals surface area contributed by atoms with Crippen LogP contribution in [0.2, 0.25) is 18.1 Å². The first-order valence-electron chi connectivity index (χ1n) is 13.2. The van der Waals surface area contributed by atoms with Gasteiger partial charge in [-0.25, -0.2) is 0 Å². The smallest absolute Gasteiger partial charge is 0.185 e. The second-order valence-corrected chi connectivity index (χ2v) is 13.9. The molecule has 0 atom stereocenters. The Bertz CT molecular complexity index is 654. The summed E-state index contributed by atoms with van der Waals surface area (Å²) in [4.78, 5) is 12.5. The molecule has 1 nitrogen and oxygen atoms in total. The fourth-order valence-corrected chi connectivity index (χ4v) is 7.07. The molecule has 0 bridgehead atoms. The molecule has 0 amide bonds. The van der Waals surface area contributed by atoms with Crippen molar-refractivity contribution in [3.63, 3.8) is 0 Å². The van der Waals surface area contributed by atoms with Crippen LogP contribution in [0.1, 0.15) is 99.8 Å². The Balaban J connectivity index is 0.000000620. The molecule has 2 aliphatic rings. The summed E-state index contributed by atoms with van der Waals surface area (Å²) in [6.07, 6.45) is 16.8. The molecule has 0 aliphatic heterocycles. The van der Waals surface area contributed by atoms with Crippen LogP contribution in [0, 0.1) is 43.1 Å². The molecule has 0 saturated heterocycles. The minimum Gasteiger partial charge on any atom is -0.289 e. The fourth-order valence-electron chi connectivity index (χ4n) is 4.63. The Kier molecular flexibility index (Phi) is 17.5. The van der Waals surface area contributed by atoms with E-state index in [0.717, 1.165) is 62.5 Å². The van der Waals surface area contributed by atoms with Crippen LogP contribution in [-0.4, -0.2) is 13.9 Å². The molecule has 0 N–H and O–H groups in total. The van der Waals surface area contributed by atoms with Crippen molar-refractivity contribution < 1.29 is 21.6 Å². The van der Waals surface area contributed by atoms with Gasteiger partial charge in [0.2, 0.25) is 0 Å². The average Bonchev–Trinajstić information content (AvgIpc) is 3.41. The molecule has 3 heteroatoms. The second-order valence-electron chi connectivity index (χ2n) is 9.01. The van der Waals surface area contributed by atoms with E-state index >= 15 is 0 Å². The molecule has 186 valence electrons. The number of ketones is 1. The molecule has 0 unspecified atom stereocenters. The molecular weight excluding hydrogens is 463 g/mol. The number of allylic oxidation sites excluding steroid dienone is 4. The number of hydrogen-bond acceptors (Lipinski definition) is 1. The maximum absolute atomic E-state index is 12.5. The van der Waals surface area contributed by atoms with Crippen molar-refractivity contribution in [1.29, 1.82) is 0 Å². The predicted octanol–water partition coefficient (Wildman–Crippen LogP) is 8.80. The van der Waals surface area contributed by atoms with Crippen molar-refractivity contribution in [3.8, 4) is 11.5 Å². The van der Waals surface area contributed by atoms with E-state index in [1.165, 1.54) is 35.2 Å². The minimum atomic E-state index is -1.23. The summed E-state index contributed by atoms with van der Waals surface area (Å²) in [5.41, 5.74) is 8.69. The average molecular weight is 511 g/mol. The number of carbonyl (C=O) groups is 1. The minimum absolute atomic E-state index is 0. The third kappa shape index (κ3) is 9.54. The van der Waals surface area contributed by atoms with Crippen molar-refractivity contribution in [2.45, 2.75) is 118 Å². The molecule has 0 aromatic heterocycles. The van der Waals surface area contributed by atoms with Crippen LogP contribution in [0.15, 0.2) is 22.3 Å². The van der Waals surface area contributed by atoms with Crippen LogP contribution < -0.4 is 0 Å². The van der Waals surface area contributed by atoms with E-state index < -0.39 is 8.07 Å². The van der Waals surface area contributed by atoms with Gasteiger partial charge in [0.25, 0.3) is 0 Å². The Morgan fingerprint density at radius 1 is 0.636 bits per heavy atom. The van der Waals surface area contributed by atoms with Crippen molar-refractivity contribution >= 4 is 13.9 Å². The molecule has 1 fully saturated rings. The normalized spacial score (nSPS) is 16.4. The van der Waals surface area contributed by atoms with Gasteiger partial charge in [-0.1, -0.05) is 74.1 Å². The first-order valence-corrected chi connectivity index (χ1v) is 15.8. The zero-order valence-electron chi connectivity index (χ0n) is 22.3. The predicted molar refractivity (Wildman–Crippen MR) is 144 cm³/mol. The third-order valence-corrected chi connectivity index (χ3v) is 11.5. The van der Waals surface area contributed by atoms with Gasteiger partial charge >= 0.3 is 0 Å². The third-order valence-electron chi connectivity index (χ3n) is 6.81. The Morgan fingerprint density at radius 2 is 1.00 bits per heavy atom. The van der Waals surface area contributed by atoms with Crippen LogP contribution >= 0.6 is 0 Å². The van der Waals surface area contributed by atoms with E-state index in [1.54, 1.807) is 0 Å². The molecule has 6 radical (unpaired) electrons. The van der Waals surface area contributed by atoms with Crippen LogP contribution in [0.5, 0.6) is 0 Å². The van der Waals surface area contributed by atoms with Gasteiger partial charge in [0.1, 0.15) is 8.07 Å². The zero-order valence-corrected chi connectivity index (χ0v) is 24.4. The zero-order chi connectivity index (χ0) is 24.0. The summed E-state index contributed by atoms with van der Waals surface area (Å²) in [6.45, 7) is 15.6. The van der Waals surface area contributed by atoms with Gasteiger partial charge in [0, 0.05) is 27.9 Å². The number of Topliss-reactive ketones (excluding diaryl/α,β-unsaturated/α-hetero) is 1. The maximum atomic E-state index is 12.5. The molecule has 0 aromatic rings. The summed E-state index contributed by atoms with van der Waals surface area (Å²) in [5.74, 6) is 4.89. The molecule has 0 aromatic carbocycles. The van der Waals surface area contributed by atoms with Crippen LogP contribution in [0.25, 0.3) is 0 Å². The van der Waals surface area contributed by atoms with Crippen LogP contribution in [0.3, 0.4) is 0 Å².